The predicted octanol–water partition coefficient (Wildman–Crippen LogP) is 1.77. The summed E-state index contributed by atoms with van der Waals surface area (Å²) >= 11 is 0. The van der Waals surface area contributed by atoms with E-state index in [1.165, 1.54) is 19.2 Å². The van der Waals surface area contributed by atoms with Gasteiger partial charge in [-0.1, -0.05) is 5.16 Å². The minimum atomic E-state index is -0.470. The molecule has 5 nitrogen and oxygen atoms in total. The van der Waals surface area contributed by atoms with Gasteiger partial charge in [0.2, 0.25) is 0 Å². The van der Waals surface area contributed by atoms with Gasteiger partial charge in [-0.3, -0.25) is 0 Å². The largest absolute Gasteiger partial charge is 0.494 e. The lowest BCUT2D eigenvalue weighted by atomic mass is 10.2. The van der Waals surface area contributed by atoms with Crippen molar-refractivity contribution in [1.29, 1.82) is 0 Å². The molecule has 18 heavy (non-hydrogen) atoms. The van der Waals surface area contributed by atoms with Crippen LogP contribution in [0, 0.1) is 5.82 Å². The lowest BCUT2D eigenvalue weighted by molar-refractivity contribution is 0.386. The molecule has 1 aromatic carbocycles. The van der Waals surface area contributed by atoms with E-state index in [9.17, 15) is 4.39 Å². The number of nitrogens with zero attached hydrogens (tertiary/aromatic N) is 2. The molecule has 6 heteroatoms. The summed E-state index contributed by atoms with van der Waals surface area (Å²) in [6, 6.07) is 4.41. The fourth-order valence-electron chi connectivity index (χ4n) is 1.54. The van der Waals surface area contributed by atoms with Crippen molar-refractivity contribution in [1.82, 2.24) is 10.1 Å². The first-order chi connectivity index (χ1) is 8.60. The van der Waals surface area contributed by atoms with Gasteiger partial charge in [0, 0.05) is 18.0 Å². The smallest absolute Gasteiger partial charge is 0.258 e. The Kier molecular flexibility index (Phi) is 3.57. The Morgan fingerprint density at radius 1 is 1.50 bits per heavy atom. The van der Waals surface area contributed by atoms with E-state index in [0.717, 1.165) is 0 Å². The summed E-state index contributed by atoms with van der Waals surface area (Å²) in [6.45, 7) is 1.85. The molecule has 2 rings (SSSR count). The number of nitrogens with two attached hydrogens (primary N) is 1. The van der Waals surface area contributed by atoms with Crippen LogP contribution in [0.4, 0.5) is 4.39 Å². The van der Waals surface area contributed by atoms with Crippen molar-refractivity contribution in [2.24, 2.45) is 5.73 Å². The highest BCUT2D eigenvalue weighted by atomic mass is 19.1. The third-order valence-electron chi connectivity index (χ3n) is 2.37. The van der Waals surface area contributed by atoms with Crippen LogP contribution < -0.4 is 10.5 Å². The first-order valence-electron chi connectivity index (χ1n) is 5.52. The van der Waals surface area contributed by atoms with Gasteiger partial charge in [-0.2, -0.15) is 4.98 Å². The third-order valence-corrected chi connectivity index (χ3v) is 2.37. The number of methoxy groups -OCH3 is 1. The minimum Gasteiger partial charge on any atom is -0.494 e. The summed E-state index contributed by atoms with van der Waals surface area (Å²) in [5.41, 5.74) is 6.15. The fraction of sp³-hybridized carbons (Fsp3) is 0.333. The van der Waals surface area contributed by atoms with Crippen LogP contribution in [-0.4, -0.2) is 23.3 Å². The summed E-state index contributed by atoms with van der Waals surface area (Å²) in [6.07, 6.45) is 0.516. The van der Waals surface area contributed by atoms with Crippen molar-refractivity contribution < 1.29 is 13.7 Å². The molecule has 96 valence electrons. The highest BCUT2D eigenvalue weighted by Crippen LogP contribution is 2.24. The molecule has 0 aliphatic heterocycles. The van der Waals surface area contributed by atoms with Crippen LogP contribution in [0.2, 0.25) is 0 Å². The highest BCUT2D eigenvalue weighted by Gasteiger charge is 2.12. The lowest BCUT2D eigenvalue weighted by Gasteiger charge is -2.01. The first kappa shape index (κ1) is 12.5. The first-order valence-corrected chi connectivity index (χ1v) is 5.52. The molecule has 2 N–H and O–H groups in total. The van der Waals surface area contributed by atoms with E-state index in [1.54, 1.807) is 6.07 Å². The number of halogens is 1. The SMILES string of the molecule is COc1ccc(-c2nc(CC(C)N)no2)cc1F. The molecule has 0 saturated heterocycles. The number of ether oxygens (including phenoxy) is 1. The molecule has 2 aromatic rings. The summed E-state index contributed by atoms with van der Waals surface area (Å²) < 4.78 is 23.4. The average molecular weight is 251 g/mol. The number of hydrogen-bond donors (Lipinski definition) is 1. The highest BCUT2D eigenvalue weighted by molar-refractivity contribution is 5.54. The van der Waals surface area contributed by atoms with E-state index in [2.05, 4.69) is 10.1 Å². The molecule has 1 unspecified atom stereocenters. The Bertz CT molecular complexity index is 540. The molecular weight excluding hydrogens is 237 g/mol. The van der Waals surface area contributed by atoms with Gasteiger partial charge in [-0.15, -0.1) is 0 Å². The number of benzene rings is 1. The molecule has 0 radical (unpaired) electrons. The topological polar surface area (TPSA) is 74.2 Å². The maximum absolute atomic E-state index is 13.5. The Balaban J connectivity index is 2.26. The molecule has 1 aromatic heterocycles. The Morgan fingerprint density at radius 2 is 2.28 bits per heavy atom. The van der Waals surface area contributed by atoms with Crippen molar-refractivity contribution in [2.75, 3.05) is 7.11 Å². The van der Waals surface area contributed by atoms with Gasteiger partial charge in [0.25, 0.3) is 5.89 Å². The van der Waals surface area contributed by atoms with Crippen molar-refractivity contribution in [3.8, 4) is 17.2 Å². The number of hydrogen-bond acceptors (Lipinski definition) is 5. The van der Waals surface area contributed by atoms with E-state index >= 15 is 0 Å². The van der Waals surface area contributed by atoms with Crippen LogP contribution in [0.3, 0.4) is 0 Å². The third kappa shape index (κ3) is 2.65. The molecule has 0 saturated carbocycles. The van der Waals surface area contributed by atoms with Crippen molar-refractivity contribution in [3.05, 3.63) is 29.8 Å². The van der Waals surface area contributed by atoms with Gasteiger partial charge < -0.3 is 15.0 Å². The number of rotatable bonds is 4. The fourth-order valence-corrected chi connectivity index (χ4v) is 1.54. The van der Waals surface area contributed by atoms with Crippen molar-refractivity contribution >= 4 is 0 Å². The zero-order chi connectivity index (χ0) is 13.1. The normalized spacial score (nSPS) is 12.4. The van der Waals surface area contributed by atoms with Gasteiger partial charge >= 0.3 is 0 Å². The van der Waals surface area contributed by atoms with Crippen molar-refractivity contribution in [2.45, 2.75) is 19.4 Å². The Labute approximate surface area is 104 Å². The van der Waals surface area contributed by atoms with Gasteiger partial charge in [0.05, 0.1) is 7.11 Å². The molecule has 0 fully saturated rings. The quantitative estimate of drug-likeness (QED) is 0.896. The van der Waals surface area contributed by atoms with Crippen LogP contribution in [0.5, 0.6) is 5.75 Å². The molecule has 0 aliphatic rings. The Morgan fingerprint density at radius 3 is 2.89 bits per heavy atom. The molecule has 0 spiro atoms. The minimum absolute atomic E-state index is 0.0527. The van der Waals surface area contributed by atoms with Crippen molar-refractivity contribution in [3.63, 3.8) is 0 Å². The van der Waals surface area contributed by atoms with Gasteiger partial charge in [0.1, 0.15) is 0 Å². The predicted molar refractivity (Wildman–Crippen MR) is 63.6 cm³/mol. The van der Waals surface area contributed by atoms with Crippen LogP contribution in [0.25, 0.3) is 11.5 Å². The molecular formula is C12H14FN3O2. The monoisotopic (exact) mass is 251 g/mol. The second-order valence-electron chi connectivity index (χ2n) is 4.05. The van der Waals surface area contributed by atoms with Crippen LogP contribution >= 0.6 is 0 Å². The van der Waals surface area contributed by atoms with Crippen LogP contribution in [0.1, 0.15) is 12.7 Å². The Hall–Kier alpha value is -1.95. The molecule has 0 amide bonds. The molecule has 0 aliphatic carbocycles. The lowest BCUT2D eigenvalue weighted by Crippen LogP contribution is -2.18. The summed E-state index contributed by atoms with van der Waals surface area (Å²) in [5, 5.41) is 3.79. The van der Waals surface area contributed by atoms with E-state index in [-0.39, 0.29) is 17.7 Å². The van der Waals surface area contributed by atoms with Crippen LogP contribution in [0.15, 0.2) is 22.7 Å². The summed E-state index contributed by atoms with van der Waals surface area (Å²) in [5.74, 6) is 0.486. The van der Waals surface area contributed by atoms with E-state index in [4.69, 9.17) is 15.0 Å². The van der Waals surface area contributed by atoms with E-state index in [0.29, 0.717) is 17.8 Å². The van der Waals surface area contributed by atoms with Crippen LogP contribution in [-0.2, 0) is 6.42 Å². The molecule has 1 heterocycles. The van der Waals surface area contributed by atoms with Gasteiger partial charge in [-0.05, 0) is 25.1 Å². The molecule has 1 atom stereocenters. The maximum atomic E-state index is 13.5. The standard InChI is InChI=1S/C12H14FN3O2/c1-7(14)5-11-15-12(18-16-11)8-3-4-10(17-2)9(13)6-8/h3-4,6-7H,5,14H2,1-2H3. The average Bonchev–Trinajstić information content (AvgIpc) is 2.76. The van der Waals surface area contributed by atoms with Gasteiger partial charge in [0.15, 0.2) is 17.4 Å². The second kappa shape index (κ2) is 5.14. The number of aromatic nitrogens is 2. The molecule has 0 bridgehead atoms. The van der Waals surface area contributed by atoms with E-state index < -0.39 is 5.82 Å². The van der Waals surface area contributed by atoms with E-state index in [1.807, 2.05) is 6.92 Å². The zero-order valence-electron chi connectivity index (χ0n) is 10.2. The van der Waals surface area contributed by atoms with Gasteiger partial charge in [-0.25, -0.2) is 4.39 Å². The summed E-state index contributed by atoms with van der Waals surface area (Å²) in [7, 11) is 1.41. The second-order valence-corrected chi connectivity index (χ2v) is 4.05. The maximum Gasteiger partial charge on any atom is 0.258 e. The zero-order valence-corrected chi connectivity index (χ0v) is 10.2. The summed E-state index contributed by atoms with van der Waals surface area (Å²) in [4.78, 5) is 4.15.